The molecule has 5 nitrogen and oxygen atoms in total. The zero-order chi connectivity index (χ0) is 14.0. The number of carbonyl (C=O) groups excluding carboxylic acids is 1. The zero-order valence-electron chi connectivity index (χ0n) is 10.4. The second kappa shape index (κ2) is 5.36. The smallest absolute Gasteiger partial charge is 0.269 e. The van der Waals surface area contributed by atoms with Crippen LogP contribution in [0.1, 0.15) is 24.3 Å². The minimum Gasteiger partial charge on any atom is -0.349 e. The second-order valence-corrected chi connectivity index (χ2v) is 8.14. The van der Waals surface area contributed by atoms with Gasteiger partial charge in [-0.2, -0.15) is 0 Å². The van der Waals surface area contributed by atoms with Crippen molar-refractivity contribution in [3.63, 3.8) is 0 Å². The van der Waals surface area contributed by atoms with E-state index >= 15 is 0 Å². The molecule has 1 aromatic rings. The van der Waals surface area contributed by atoms with Crippen molar-refractivity contribution in [1.29, 1.82) is 0 Å². The lowest BCUT2D eigenvalue weighted by atomic mass is 10.2. The van der Waals surface area contributed by atoms with E-state index in [1.807, 2.05) is 0 Å². The van der Waals surface area contributed by atoms with Crippen LogP contribution in [0.3, 0.4) is 0 Å². The summed E-state index contributed by atoms with van der Waals surface area (Å²) < 4.78 is 22.7. The van der Waals surface area contributed by atoms with E-state index in [1.54, 1.807) is 26.0 Å². The molecule has 1 aromatic heterocycles. The highest BCUT2D eigenvalue weighted by atomic mass is 79.9. The molecule has 0 aromatic carbocycles. The van der Waals surface area contributed by atoms with E-state index in [9.17, 15) is 13.2 Å². The van der Waals surface area contributed by atoms with Crippen molar-refractivity contribution in [3.8, 4) is 0 Å². The Hall–Kier alpha value is -0.950. The van der Waals surface area contributed by atoms with Gasteiger partial charge in [-0.3, -0.25) is 4.79 Å². The third kappa shape index (κ3) is 3.78. The van der Waals surface area contributed by atoms with Crippen molar-refractivity contribution in [2.75, 3.05) is 12.8 Å². The molecule has 0 radical (unpaired) electrons. The highest BCUT2D eigenvalue weighted by Gasteiger charge is 2.30. The lowest BCUT2D eigenvalue weighted by molar-refractivity contribution is 0.0945. The van der Waals surface area contributed by atoms with Crippen molar-refractivity contribution < 1.29 is 13.2 Å². The van der Waals surface area contributed by atoms with Crippen molar-refractivity contribution in [3.05, 3.63) is 28.5 Å². The van der Waals surface area contributed by atoms with E-state index in [1.165, 1.54) is 6.20 Å². The number of sulfone groups is 1. The molecule has 7 heteroatoms. The molecule has 0 saturated carbocycles. The molecule has 0 aliphatic carbocycles. The van der Waals surface area contributed by atoms with Crippen LogP contribution >= 0.6 is 15.9 Å². The van der Waals surface area contributed by atoms with Crippen LogP contribution in [0, 0.1) is 0 Å². The number of halogens is 1. The second-order valence-electron chi connectivity index (χ2n) is 4.58. The normalized spacial score (nSPS) is 12.2. The molecule has 0 saturated heterocycles. The van der Waals surface area contributed by atoms with Crippen LogP contribution in [-0.4, -0.2) is 36.9 Å². The molecular weight excluding hydrogens is 320 g/mol. The van der Waals surface area contributed by atoms with E-state index in [0.29, 0.717) is 0 Å². The van der Waals surface area contributed by atoms with Crippen LogP contribution in [0.5, 0.6) is 0 Å². The first-order chi connectivity index (χ1) is 8.13. The number of hydrogen-bond donors (Lipinski definition) is 1. The summed E-state index contributed by atoms with van der Waals surface area (Å²) in [5, 5.41) is 2.57. The number of amides is 1. The number of aromatic nitrogens is 1. The van der Waals surface area contributed by atoms with E-state index < -0.39 is 14.6 Å². The predicted molar refractivity (Wildman–Crippen MR) is 73.2 cm³/mol. The van der Waals surface area contributed by atoms with E-state index in [-0.39, 0.29) is 18.1 Å². The van der Waals surface area contributed by atoms with Crippen molar-refractivity contribution >= 4 is 31.7 Å². The Morgan fingerprint density at radius 2 is 2.06 bits per heavy atom. The monoisotopic (exact) mass is 334 g/mol. The molecule has 18 heavy (non-hydrogen) atoms. The van der Waals surface area contributed by atoms with Crippen molar-refractivity contribution in [2.24, 2.45) is 0 Å². The maximum atomic E-state index is 11.7. The number of nitrogens with zero attached hydrogens (tertiary/aromatic N) is 1. The van der Waals surface area contributed by atoms with Crippen LogP contribution in [-0.2, 0) is 9.84 Å². The van der Waals surface area contributed by atoms with Crippen LogP contribution in [0.25, 0.3) is 0 Å². The number of hydrogen-bond acceptors (Lipinski definition) is 4. The van der Waals surface area contributed by atoms with Crippen LogP contribution in [0.2, 0.25) is 0 Å². The number of carbonyl (C=O) groups is 1. The lowest BCUT2D eigenvalue weighted by Crippen LogP contribution is -2.43. The van der Waals surface area contributed by atoms with Crippen molar-refractivity contribution in [2.45, 2.75) is 18.6 Å². The summed E-state index contributed by atoms with van der Waals surface area (Å²) in [5.41, 5.74) is 0.252. The average molecular weight is 335 g/mol. The van der Waals surface area contributed by atoms with Crippen LogP contribution in [0.4, 0.5) is 0 Å². The van der Waals surface area contributed by atoms with E-state index in [2.05, 4.69) is 26.2 Å². The summed E-state index contributed by atoms with van der Waals surface area (Å²) in [6, 6.07) is 3.26. The fraction of sp³-hybridized carbons (Fsp3) is 0.455. The molecule has 1 N–H and O–H groups in total. The largest absolute Gasteiger partial charge is 0.349 e. The first kappa shape index (κ1) is 15.1. The maximum absolute atomic E-state index is 11.7. The fourth-order valence-electron chi connectivity index (χ4n) is 1.02. The SMILES string of the molecule is CC(C)(CNC(=O)c1ccc(Br)cn1)S(C)(=O)=O. The summed E-state index contributed by atoms with van der Waals surface area (Å²) in [5.74, 6) is -0.390. The Morgan fingerprint density at radius 1 is 1.44 bits per heavy atom. The Bertz CT molecular complexity index is 538. The number of nitrogens with one attached hydrogen (secondary N) is 1. The quantitative estimate of drug-likeness (QED) is 0.902. The third-order valence-electron chi connectivity index (χ3n) is 2.64. The van der Waals surface area contributed by atoms with Gasteiger partial charge in [0.05, 0.1) is 4.75 Å². The number of pyridine rings is 1. The molecule has 100 valence electrons. The molecule has 0 atom stereocenters. The summed E-state index contributed by atoms with van der Waals surface area (Å²) in [4.78, 5) is 15.7. The van der Waals surface area contributed by atoms with Crippen LogP contribution in [0.15, 0.2) is 22.8 Å². The fourth-order valence-corrected chi connectivity index (χ4v) is 1.59. The van der Waals surface area contributed by atoms with E-state index in [4.69, 9.17) is 0 Å². The molecule has 0 bridgehead atoms. The summed E-state index contributed by atoms with van der Waals surface area (Å²) >= 11 is 3.22. The van der Waals surface area contributed by atoms with Gasteiger partial charge in [0.1, 0.15) is 5.69 Å². The Kier molecular flexibility index (Phi) is 4.50. The molecule has 0 aliphatic heterocycles. The van der Waals surface area contributed by atoms with Gasteiger partial charge in [-0.15, -0.1) is 0 Å². The minimum atomic E-state index is -3.23. The molecule has 0 spiro atoms. The summed E-state index contributed by atoms with van der Waals surface area (Å²) in [6.45, 7) is 3.18. The van der Waals surface area contributed by atoms with Gasteiger partial charge < -0.3 is 5.32 Å². The molecule has 0 unspecified atom stereocenters. The highest BCUT2D eigenvalue weighted by molar-refractivity contribution is 9.10. The van der Waals surface area contributed by atoms with E-state index in [0.717, 1.165) is 10.7 Å². The average Bonchev–Trinajstić information content (AvgIpc) is 2.25. The van der Waals surface area contributed by atoms with Gasteiger partial charge in [-0.1, -0.05) is 0 Å². The van der Waals surface area contributed by atoms with Gasteiger partial charge in [-0.05, 0) is 41.9 Å². The third-order valence-corrected chi connectivity index (χ3v) is 5.26. The topological polar surface area (TPSA) is 76.1 Å². The number of rotatable bonds is 4. The Balaban J connectivity index is 2.70. The predicted octanol–water partition coefficient (Wildman–Crippen LogP) is 1.40. The summed E-state index contributed by atoms with van der Waals surface area (Å²) in [7, 11) is -3.23. The van der Waals surface area contributed by atoms with Crippen molar-refractivity contribution in [1.82, 2.24) is 10.3 Å². The Labute approximate surface area is 115 Å². The maximum Gasteiger partial charge on any atom is 0.269 e. The van der Waals surface area contributed by atoms with Gasteiger partial charge in [-0.25, -0.2) is 13.4 Å². The molecule has 1 amide bonds. The summed E-state index contributed by atoms with van der Waals surface area (Å²) in [6.07, 6.45) is 2.66. The molecule has 0 fully saturated rings. The van der Waals surface area contributed by atoms with Gasteiger partial charge in [0.25, 0.3) is 5.91 Å². The first-order valence-electron chi connectivity index (χ1n) is 5.23. The minimum absolute atomic E-state index is 0.0441. The molecular formula is C11H15BrN2O3S. The van der Waals surface area contributed by atoms with Crippen LogP contribution < -0.4 is 5.32 Å². The molecule has 1 rings (SSSR count). The van der Waals surface area contributed by atoms with Gasteiger partial charge in [0.2, 0.25) is 0 Å². The lowest BCUT2D eigenvalue weighted by Gasteiger charge is -2.22. The zero-order valence-corrected chi connectivity index (χ0v) is 12.8. The standard InChI is InChI=1S/C11H15BrN2O3S/c1-11(2,18(3,16)17)7-14-10(15)9-5-4-8(12)6-13-9/h4-6H,7H2,1-3H3,(H,14,15). The molecule has 0 aliphatic rings. The van der Waals surface area contributed by atoms with Gasteiger partial charge >= 0.3 is 0 Å². The van der Waals surface area contributed by atoms with Gasteiger partial charge in [0.15, 0.2) is 9.84 Å². The highest BCUT2D eigenvalue weighted by Crippen LogP contribution is 2.14. The first-order valence-corrected chi connectivity index (χ1v) is 7.91. The Morgan fingerprint density at radius 3 is 2.50 bits per heavy atom. The van der Waals surface area contributed by atoms with Gasteiger partial charge in [0, 0.05) is 23.5 Å². The molecule has 1 heterocycles.